The van der Waals surface area contributed by atoms with Crippen molar-refractivity contribution in [1.29, 1.82) is 0 Å². The van der Waals surface area contributed by atoms with E-state index < -0.39 is 0 Å². The highest BCUT2D eigenvalue weighted by Gasteiger charge is 2.30. The highest BCUT2D eigenvalue weighted by atomic mass is 32.1. The molecule has 8 heteroatoms. The molecule has 4 rings (SSSR count). The molecule has 1 aliphatic rings. The number of hydrogen-bond acceptors (Lipinski definition) is 6. The predicted octanol–water partition coefficient (Wildman–Crippen LogP) is 5.40. The average Bonchev–Trinajstić information content (AvgIpc) is 3.64. The van der Waals surface area contributed by atoms with Crippen LogP contribution in [0, 0.1) is 0 Å². The molecule has 1 aliphatic carbocycles. The molecule has 0 bridgehead atoms. The molecule has 2 aromatic heterocycles. The van der Waals surface area contributed by atoms with Crippen molar-refractivity contribution in [2.45, 2.75) is 51.1 Å². The van der Waals surface area contributed by atoms with Crippen molar-refractivity contribution in [2.24, 2.45) is 0 Å². The highest BCUT2D eigenvalue weighted by molar-refractivity contribution is 7.12. The summed E-state index contributed by atoms with van der Waals surface area (Å²) < 4.78 is 16.3. The predicted molar refractivity (Wildman–Crippen MR) is 140 cm³/mol. The fraction of sp³-hybridized carbons (Fsp3) is 0.429. The van der Waals surface area contributed by atoms with Gasteiger partial charge in [0.25, 0.3) is 5.91 Å². The van der Waals surface area contributed by atoms with Gasteiger partial charge in [-0.1, -0.05) is 31.4 Å². The Hall–Kier alpha value is -3.26. The van der Waals surface area contributed by atoms with Crippen LogP contribution < -0.4 is 9.47 Å². The number of amides is 2. The van der Waals surface area contributed by atoms with E-state index in [-0.39, 0.29) is 24.4 Å². The first-order chi connectivity index (χ1) is 17.6. The minimum atomic E-state index is -0.0812. The monoisotopic (exact) mass is 510 g/mol. The largest absolute Gasteiger partial charge is 0.493 e. The third-order valence-electron chi connectivity index (χ3n) is 6.71. The standard InChI is InChI=1S/C28H34N2O5S/c1-33-24-13-12-21(18-25(24)34-2)14-15-29(19-23-10-6-16-35-23)27(31)20-30(22-8-4-3-5-9-22)28(32)26-11-7-17-36-26/h6-7,10-13,16-18,22H,3-5,8-9,14-15,19-20H2,1-2H3. The van der Waals surface area contributed by atoms with Crippen LogP contribution in [-0.4, -0.2) is 55.0 Å². The van der Waals surface area contributed by atoms with E-state index in [1.807, 2.05) is 47.8 Å². The molecule has 0 N–H and O–H groups in total. The van der Waals surface area contributed by atoms with E-state index in [1.54, 1.807) is 30.3 Å². The topological polar surface area (TPSA) is 72.2 Å². The van der Waals surface area contributed by atoms with Crippen LogP contribution in [0.25, 0.3) is 0 Å². The first-order valence-corrected chi connectivity index (χ1v) is 13.3. The molecule has 36 heavy (non-hydrogen) atoms. The molecule has 0 radical (unpaired) electrons. The fourth-order valence-electron chi connectivity index (χ4n) is 4.73. The van der Waals surface area contributed by atoms with Crippen molar-refractivity contribution in [1.82, 2.24) is 9.80 Å². The van der Waals surface area contributed by atoms with E-state index in [2.05, 4.69) is 0 Å². The summed E-state index contributed by atoms with van der Waals surface area (Å²) in [6, 6.07) is 13.3. The van der Waals surface area contributed by atoms with E-state index in [0.29, 0.717) is 41.6 Å². The second-order valence-electron chi connectivity index (χ2n) is 9.04. The van der Waals surface area contributed by atoms with E-state index >= 15 is 0 Å². The van der Waals surface area contributed by atoms with Crippen LogP contribution in [0.1, 0.15) is 53.1 Å². The van der Waals surface area contributed by atoms with Gasteiger partial charge in [-0.3, -0.25) is 9.59 Å². The lowest BCUT2D eigenvalue weighted by molar-refractivity contribution is -0.133. The summed E-state index contributed by atoms with van der Waals surface area (Å²) in [4.78, 5) is 31.4. The maximum atomic E-state index is 13.7. The number of rotatable bonds is 11. The van der Waals surface area contributed by atoms with Crippen molar-refractivity contribution in [2.75, 3.05) is 27.3 Å². The third-order valence-corrected chi connectivity index (χ3v) is 7.57. The van der Waals surface area contributed by atoms with Crippen molar-refractivity contribution in [3.05, 3.63) is 70.3 Å². The van der Waals surface area contributed by atoms with Crippen LogP contribution >= 0.6 is 11.3 Å². The van der Waals surface area contributed by atoms with E-state index in [0.717, 1.165) is 31.2 Å². The van der Waals surface area contributed by atoms with Gasteiger partial charge in [-0.2, -0.15) is 0 Å². The van der Waals surface area contributed by atoms with Gasteiger partial charge in [0.2, 0.25) is 5.91 Å². The first-order valence-electron chi connectivity index (χ1n) is 12.4. The zero-order valence-corrected chi connectivity index (χ0v) is 21.8. The number of furan rings is 1. The molecule has 7 nitrogen and oxygen atoms in total. The fourth-order valence-corrected chi connectivity index (χ4v) is 5.41. The van der Waals surface area contributed by atoms with E-state index in [9.17, 15) is 9.59 Å². The molecule has 192 valence electrons. The summed E-state index contributed by atoms with van der Waals surface area (Å²) in [5.74, 6) is 1.90. The van der Waals surface area contributed by atoms with Crippen molar-refractivity contribution >= 4 is 23.2 Å². The van der Waals surface area contributed by atoms with Crippen LogP contribution in [-0.2, 0) is 17.8 Å². The number of thiophene rings is 1. The Balaban J connectivity index is 1.51. The quantitative estimate of drug-likeness (QED) is 0.345. The summed E-state index contributed by atoms with van der Waals surface area (Å²) in [6.07, 6.45) is 7.48. The van der Waals surface area contributed by atoms with E-state index in [1.165, 1.54) is 17.8 Å². The lowest BCUT2D eigenvalue weighted by Gasteiger charge is -2.35. The number of carbonyl (C=O) groups excluding carboxylic acids is 2. The van der Waals surface area contributed by atoms with Crippen molar-refractivity contribution < 1.29 is 23.5 Å². The Labute approximate surface area is 216 Å². The summed E-state index contributed by atoms with van der Waals surface area (Å²) in [5.41, 5.74) is 1.03. The maximum absolute atomic E-state index is 13.7. The molecule has 1 fully saturated rings. The number of nitrogens with zero attached hydrogens (tertiary/aromatic N) is 2. The first kappa shape index (κ1) is 25.8. The smallest absolute Gasteiger partial charge is 0.264 e. The van der Waals surface area contributed by atoms with Crippen LogP contribution in [0.2, 0.25) is 0 Å². The molecule has 0 saturated heterocycles. The molecule has 0 spiro atoms. The van der Waals surface area contributed by atoms with Gasteiger partial charge in [0.1, 0.15) is 12.3 Å². The van der Waals surface area contributed by atoms with Crippen molar-refractivity contribution in [3.63, 3.8) is 0 Å². The van der Waals surface area contributed by atoms with Gasteiger partial charge in [-0.25, -0.2) is 0 Å². The van der Waals surface area contributed by atoms with Gasteiger partial charge in [-0.05, 0) is 60.5 Å². The van der Waals surface area contributed by atoms with Crippen LogP contribution in [0.3, 0.4) is 0 Å². The van der Waals surface area contributed by atoms with Crippen LogP contribution in [0.4, 0.5) is 0 Å². The molecule has 0 aliphatic heterocycles. The zero-order valence-electron chi connectivity index (χ0n) is 21.0. The molecule has 2 amide bonds. The highest BCUT2D eigenvalue weighted by Crippen LogP contribution is 2.28. The number of carbonyl (C=O) groups is 2. The Bertz CT molecular complexity index is 1110. The molecule has 0 unspecified atom stereocenters. The zero-order chi connectivity index (χ0) is 25.3. The number of benzene rings is 1. The SMILES string of the molecule is COc1ccc(CCN(Cc2ccco2)C(=O)CN(C(=O)c2cccs2)C2CCCCC2)cc1OC. The number of methoxy groups -OCH3 is 2. The molecule has 3 aromatic rings. The molecular formula is C28H34N2O5S. The van der Waals surface area contributed by atoms with Gasteiger partial charge in [0, 0.05) is 12.6 Å². The Morgan fingerprint density at radius 3 is 2.50 bits per heavy atom. The van der Waals surface area contributed by atoms with Crippen molar-refractivity contribution in [3.8, 4) is 11.5 Å². The Morgan fingerprint density at radius 2 is 1.83 bits per heavy atom. The summed E-state index contributed by atoms with van der Waals surface area (Å²) in [6.45, 7) is 0.902. The molecule has 1 saturated carbocycles. The molecule has 0 atom stereocenters. The number of ether oxygens (including phenoxy) is 2. The minimum Gasteiger partial charge on any atom is -0.493 e. The second kappa shape index (κ2) is 12.6. The summed E-state index contributed by atoms with van der Waals surface area (Å²) >= 11 is 1.42. The average molecular weight is 511 g/mol. The Morgan fingerprint density at radius 1 is 1.03 bits per heavy atom. The molecule has 1 aromatic carbocycles. The van der Waals surface area contributed by atoms with E-state index in [4.69, 9.17) is 13.9 Å². The van der Waals surface area contributed by atoms with Gasteiger partial charge in [0.15, 0.2) is 11.5 Å². The normalized spacial score (nSPS) is 13.8. The lowest BCUT2D eigenvalue weighted by Crippen LogP contribution is -2.48. The Kier molecular flexibility index (Phi) is 9.06. The van der Waals surface area contributed by atoms with Gasteiger partial charge >= 0.3 is 0 Å². The lowest BCUT2D eigenvalue weighted by atomic mass is 9.94. The van der Waals surface area contributed by atoms with Crippen LogP contribution in [0.5, 0.6) is 11.5 Å². The molecule has 2 heterocycles. The maximum Gasteiger partial charge on any atom is 0.264 e. The van der Waals surface area contributed by atoms with Crippen LogP contribution in [0.15, 0.2) is 58.5 Å². The summed E-state index contributed by atoms with van der Waals surface area (Å²) in [7, 11) is 3.22. The van der Waals surface area contributed by atoms with Gasteiger partial charge in [-0.15, -0.1) is 11.3 Å². The van der Waals surface area contributed by atoms with Gasteiger partial charge < -0.3 is 23.7 Å². The summed E-state index contributed by atoms with van der Waals surface area (Å²) in [5, 5.41) is 1.90. The van der Waals surface area contributed by atoms with Gasteiger partial charge in [0.05, 0.1) is 31.9 Å². The number of hydrogen-bond donors (Lipinski definition) is 0. The third kappa shape index (κ3) is 6.49. The minimum absolute atomic E-state index is 0.0527. The second-order valence-corrected chi connectivity index (χ2v) is 9.98. The molecular weight excluding hydrogens is 476 g/mol.